The van der Waals surface area contributed by atoms with E-state index in [4.69, 9.17) is 10.8 Å². The molecule has 0 amide bonds. The summed E-state index contributed by atoms with van der Waals surface area (Å²) in [6, 6.07) is 2.83. The van der Waals surface area contributed by atoms with Crippen LogP contribution in [0.1, 0.15) is 23.2 Å². The van der Waals surface area contributed by atoms with Gasteiger partial charge in [0.25, 0.3) is 0 Å². The average Bonchev–Trinajstić information content (AvgIpc) is 2.36. The highest BCUT2D eigenvalue weighted by atomic mass is 19.1. The number of rotatable bonds is 3. The third kappa shape index (κ3) is 2.96. The van der Waals surface area contributed by atoms with Gasteiger partial charge in [-0.25, -0.2) is 9.18 Å². The monoisotopic (exact) mass is 267 g/mol. The van der Waals surface area contributed by atoms with Crippen LogP contribution in [0, 0.1) is 5.82 Å². The van der Waals surface area contributed by atoms with Crippen LogP contribution >= 0.6 is 0 Å². The predicted octanol–water partition coefficient (Wildman–Crippen LogP) is 1.61. The maximum atomic E-state index is 13.3. The van der Waals surface area contributed by atoms with Crippen molar-refractivity contribution in [2.75, 3.05) is 31.2 Å². The van der Waals surface area contributed by atoms with Crippen LogP contribution < -0.4 is 11.1 Å². The van der Waals surface area contributed by atoms with Crippen molar-refractivity contribution in [1.82, 2.24) is 4.90 Å². The average molecular weight is 267 g/mol. The van der Waals surface area contributed by atoms with Crippen molar-refractivity contribution in [3.8, 4) is 0 Å². The Morgan fingerprint density at radius 2 is 2.11 bits per heavy atom. The summed E-state index contributed by atoms with van der Waals surface area (Å²) in [5.74, 6) is -1.92. The van der Waals surface area contributed by atoms with Gasteiger partial charge >= 0.3 is 5.97 Å². The number of nitrogens with two attached hydrogens (primary N) is 1. The van der Waals surface area contributed by atoms with Crippen LogP contribution in [0.4, 0.5) is 15.8 Å². The number of carboxylic acids is 1. The number of carboxylic acid groups (broad SMARTS) is 1. The smallest absolute Gasteiger partial charge is 0.340 e. The second-order valence-electron chi connectivity index (χ2n) is 4.91. The Morgan fingerprint density at radius 1 is 1.47 bits per heavy atom. The molecule has 0 radical (unpaired) electrons. The number of anilines is 2. The van der Waals surface area contributed by atoms with Crippen LogP contribution in [0.15, 0.2) is 12.1 Å². The Morgan fingerprint density at radius 3 is 2.68 bits per heavy atom. The molecule has 1 saturated heterocycles. The van der Waals surface area contributed by atoms with E-state index in [1.54, 1.807) is 0 Å². The molecule has 1 aliphatic heterocycles. The summed E-state index contributed by atoms with van der Waals surface area (Å²) in [5.41, 5.74) is 5.40. The maximum absolute atomic E-state index is 13.3. The molecule has 5 nitrogen and oxygen atoms in total. The summed E-state index contributed by atoms with van der Waals surface area (Å²) in [5, 5.41) is 12.3. The molecule has 0 aliphatic carbocycles. The van der Waals surface area contributed by atoms with Crippen molar-refractivity contribution in [3.63, 3.8) is 0 Å². The van der Waals surface area contributed by atoms with Crippen LogP contribution in [0.3, 0.4) is 0 Å². The largest absolute Gasteiger partial charge is 0.478 e. The predicted molar refractivity (Wildman–Crippen MR) is 71.9 cm³/mol. The van der Waals surface area contributed by atoms with Gasteiger partial charge in [-0.1, -0.05) is 0 Å². The molecule has 0 bridgehead atoms. The Balaban J connectivity index is 2.20. The molecule has 0 saturated carbocycles. The molecule has 1 aromatic carbocycles. The molecule has 1 aliphatic rings. The SMILES string of the molecule is CN1CCC(Nc2ccc(F)c(N)c2C(=O)O)CC1. The zero-order valence-corrected chi connectivity index (χ0v) is 10.8. The van der Waals surface area contributed by atoms with Crippen molar-refractivity contribution in [3.05, 3.63) is 23.5 Å². The molecule has 19 heavy (non-hydrogen) atoms. The van der Waals surface area contributed by atoms with E-state index in [1.165, 1.54) is 12.1 Å². The number of likely N-dealkylation sites (tertiary alicyclic amines) is 1. The molecule has 104 valence electrons. The highest BCUT2D eigenvalue weighted by molar-refractivity contribution is 6.00. The number of nitrogens with zero attached hydrogens (tertiary/aromatic N) is 1. The van der Waals surface area contributed by atoms with E-state index >= 15 is 0 Å². The van der Waals surface area contributed by atoms with Crippen LogP contribution in [-0.4, -0.2) is 42.2 Å². The third-order valence-corrected chi connectivity index (χ3v) is 3.48. The van der Waals surface area contributed by atoms with Gasteiger partial charge in [-0.3, -0.25) is 0 Å². The van der Waals surface area contributed by atoms with Crippen molar-refractivity contribution in [2.45, 2.75) is 18.9 Å². The summed E-state index contributed by atoms with van der Waals surface area (Å²) >= 11 is 0. The van der Waals surface area contributed by atoms with Gasteiger partial charge in [0, 0.05) is 6.04 Å². The number of aromatic carboxylic acids is 1. The van der Waals surface area contributed by atoms with Crippen LogP contribution in [0.2, 0.25) is 0 Å². The normalized spacial score (nSPS) is 17.4. The van der Waals surface area contributed by atoms with Crippen LogP contribution in [0.5, 0.6) is 0 Å². The zero-order chi connectivity index (χ0) is 14.0. The zero-order valence-electron chi connectivity index (χ0n) is 10.8. The lowest BCUT2D eigenvalue weighted by Gasteiger charge is -2.30. The number of nitrogens with one attached hydrogen (secondary N) is 1. The van der Waals surface area contributed by atoms with Gasteiger partial charge in [0.05, 0.1) is 11.4 Å². The molecule has 0 spiro atoms. The number of carbonyl (C=O) groups is 1. The number of hydrogen-bond donors (Lipinski definition) is 3. The van der Waals surface area contributed by atoms with Gasteiger partial charge in [-0.2, -0.15) is 0 Å². The highest BCUT2D eigenvalue weighted by Crippen LogP contribution is 2.27. The fraction of sp³-hybridized carbons (Fsp3) is 0.462. The summed E-state index contributed by atoms with van der Waals surface area (Å²) in [6.45, 7) is 1.91. The molecular formula is C13H18FN3O2. The van der Waals surface area contributed by atoms with Crippen LogP contribution in [0.25, 0.3) is 0 Å². The topological polar surface area (TPSA) is 78.6 Å². The summed E-state index contributed by atoms with van der Waals surface area (Å²) in [7, 11) is 2.05. The minimum absolute atomic E-state index is 0.182. The number of hydrogen-bond acceptors (Lipinski definition) is 4. The van der Waals surface area contributed by atoms with Gasteiger partial charge < -0.3 is 21.1 Å². The Bertz CT molecular complexity index is 485. The summed E-state index contributed by atoms with van der Waals surface area (Å²) in [6.07, 6.45) is 1.85. The minimum atomic E-state index is -1.22. The van der Waals surface area contributed by atoms with E-state index in [0.29, 0.717) is 5.69 Å². The molecule has 0 unspecified atom stereocenters. The lowest BCUT2D eigenvalue weighted by Crippen LogP contribution is -2.37. The minimum Gasteiger partial charge on any atom is -0.478 e. The van der Waals surface area contributed by atoms with E-state index in [9.17, 15) is 9.18 Å². The van der Waals surface area contributed by atoms with Crippen molar-refractivity contribution in [1.29, 1.82) is 0 Å². The Hall–Kier alpha value is -1.82. The fourth-order valence-electron chi connectivity index (χ4n) is 2.32. The molecule has 6 heteroatoms. The number of halogens is 1. The van der Waals surface area contributed by atoms with Crippen LogP contribution in [-0.2, 0) is 0 Å². The fourth-order valence-corrected chi connectivity index (χ4v) is 2.32. The van der Waals surface area contributed by atoms with E-state index < -0.39 is 11.8 Å². The first kappa shape index (κ1) is 13.6. The van der Waals surface area contributed by atoms with Crippen molar-refractivity contribution >= 4 is 17.3 Å². The third-order valence-electron chi connectivity index (χ3n) is 3.48. The van der Waals surface area contributed by atoms with Gasteiger partial charge in [0.1, 0.15) is 11.4 Å². The molecule has 1 heterocycles. The first-order valence-electron chi connectivity index (χ1n) is 6.25. The molecule has 4 N–H and O–H groups in total. The van der Waals surface area contributed by atoms with Crippen molar-refractivity contribution in [2.24, 2.45) is 0 Å². The lowest BCUT2D eigenvalue weighted by molar-refractivity contribution is 0.0698. The Labute approximate surface area is 111 Å². The van der Waals surface area contributed by atoms with Gasteiger partial charge in [0.2, 0.25) is 0 Å². The lowest BCUT2D eigenvalue weighted by atomic mass is 10.0. The summed E-state index contributed by atoms with van der Waals surface area (Å²) in [4.78, 5) is 13.4. The maximum Gasteiger partial charge on any atom is 0.340 e. The molecule has 2 rings (SSSR count). The molecule has 1 aromatic rings. The van der Waals surface area contributed by atoms with E-state index in [0.717, 1.165) is 25.9 Å². The van der Waals surface area contributed by atoms with E-state index in [2.05, 4.69) is 17.3 Å². The second kappa shape index (κ2) is 5.44. The Kier molecular flexibility index (Phi) is 3.90. The van der Waals surface area contributed by atoms with Gasteiger partial charge in [0.15, 0.2) is 0 Å². The first-order chi connectivity index (χ1) is 8.99. The van der Waals surface area contributed by atoms with Gasteiger partial charge in [-0.05, 0) is 45.1 Å². The second-order valence-corrected chi connectivity index (χ2v) is 4.91. The van der Waals surface area contributed by atoms with Crippen molar-refractivity contribution < 1.29 is 14.3 Å². The number of piperidine rings is 1. The molecule has 1 fully saturated rings. The standard InChI is InChI=1S/C13H18FN3O2/c1-17-6-4-8(5-7-17)16-10-3-2-9(14)12(15)11(10)13(18)19/h2-3,8,16H,4-7,15H2,1H3,(H,18,19). The number of nitrogen functional groups attached to an aromatic ring is 1. The first-order valence-corrected chi connectivity index (χ1v) is 6.25. The molecule has 0 aromatic heterocycles. The summed E-state index contributed by atoms with van der Waals surface area (Å²) < 4.78 is 13.3. The van der Waals surface area contributed by atoms with E-state index in [1.807, 2.05) is 0 Å². The number of benzene rings is 1. The quantitative estimate of drug-likeness (QED) is 0.725. The van der Waals surface area contributed by atoms with Gasteiger partial charge in [-0.15, -0.1) is 0 Å². The van der Waals surface area contributed by atoms with E-state index in [-0.39, 0.29) is 17.3 Å². The highest BCUT2D eigenvalue weighted by Gasteiger charge is 2.21. The molecule has 0 atom stereocenters. The molecular weight excluding hydrogens is 249 g/mol.